The van der Waals surface area contributed by atoms with Gasteiger partial charge in [-0.15, -0.1) is 11.3 Å². The molecule has 0 saturated carbocycles. The number of hydrogen-bond donors (Lipinski definition) is 2. The molecular formula is C20H25N3O3S. The zero-order valence-corrected chi connectivity index (χ0v) is 16.9. The van der Waals surface area contributed by atoms with Crippen molar-refractivity contribution in [2.75, 3.05) is 26.0 Å². The number of fused-ring (bicyclic) bond motifs is 1. The molecule has 2 amide bonds. The summed E-state index contributed by atoms with van der Waals surface area (Å²) in [5.74, 6) is -0.244. The van der Waals surface area contributed by atoms with E-state index in [1.807, 2.05) is 39.1 Å². The van der Waals surface area contributed by atoms with Crippen LogP contribution in [-0.4, -0.2) is 37.4 Å². The number of nitrogens with two attached hydrogens (primary N) is 1. The second-order valence-corrected chi connectivity index (χ2v) is 8.10. The van der Waals surface area contributed by atoms with Crippen LogP contribution in [0.1, 0.15) is 44.8 Å². The van der Waals surface area contributed by atoms with Gasteiger partial charge in [0.2, 0.25) is 5.91 Å². The maximum Gasteiger partial charge on any atom is 0.251 e. The second kappa shape index (κ2) is 7.70. The van der Waals surface area contributed by atoms with E-state index in [0.717, 1.165) is 46.8 Å². The van der Waals surface area contributed by atoms with E-state index in [1.54, 1.807) is 7.11 Å². The predicted octanol–water partition coefficient (Wildman–Crippen LogP) is 2.89. The molecule has 1 atom stereocenters. The molecule has 3 rings (SSSR count). The summed E-state index contributed by atoms with van der Waals surface area (Å²) in [4.78, 5) is 28.2. The van der Waals surface area contributed by atoms with Crippen molar-refractivity contribution in [3.8, 4) is 5.75 Å². The van der Waals surface area contributed by atoms with Crippen molar-refractivity contribution in [1.29, 1.82) is 0 Å². The number of amides is 2. The molecule has 0 saturated heterocycles. The summed E-state index contributed by atoms with van der Waals surface area (Å²) in [7, 11) is 3.66. The van der Waals surface area contributed by atoms with Crippen LogP contribution in [0, 0.1) is 6.92 Å². The molecule has 0 bridgehead atoms. The van der Waals surface area contributed by atoms with Crippen molar-refractivity contribution in [1.82, 2.24) is 4.90 Å². The number of ether oxygens (including phenoxy) is 1. The quantitative estimate of drug-likeness (QED) is 0.826. The second-order valence-electron chi connectivity index (χ2n) is 6.99. The number of methoxy groups -OCH3 is 1. The maximum absolute atomic E-state index is 12.9. The number of thiophene rings is 1. The van der Waals surface area contributed by atoms with E-state index in [-0.39, 0.29) is 11.8 Å². The Kier molecular flexibility index (Phi) is 5.53. The van der Waals surface area contributed by atoms with Crippen LogP contribution in [0.2, 0.25) is 0 Å². The first-order chi connectivity index (χ1) is 12.8. The molecule has 3 N–H and O–H groups in total. The van der Waals surface area contributed by atoms with Crippen LogP contribution in [0.3, 0.4) is 0 Å². The lowest BCUT2D eigenvalue weighted by atomic mass is 9.95. The van der Waals surface area contributed by atoms with E-state index in [2.05, 4.69) is 10.2 Å². The lowest BCUT2D eigenvalue weighted by Gasteiger charge is -2.22. The average Bonchev–Trinajstić information content (AvgIpc) is 2.97. The van der Waals surface area contributed by atoms with Gasteiger partial charge < -0.3 is 20.7 Å². The van der Waals surface area contributed by atoms with Gasteiger partial charge in [-0.1, -0.05) is 6.07 Å². The lowest BCUT2D eigenvalue weighted by molar-refractivity contribution is -0.117. The fourth-order valence-corrected chi connectivity index (χ4v) is 4.84. The van der Waals surface area contributed by atoms with E-state index in [0.29, 0.717) is 10.6 Å². The normalized spacial score (nSPS) is 15.1. The molecule has 2 aromatic rings. The number of carbonyl (C=O) groups is 2. The third-order valence-corrected chi connectivity index (χ3v) is 6.20. The Balaban J connectivity index is 1.86. The van der Waals surface area contributed by atoms with Crippen molar-refractivity contribution in [3.05, 3.63) is 45.3 Å². The number of aryl methyl sites for hydroxylation is 1. The number of nitrogens with one attached hydrogen (secondary N) is 1. The van der Waals surface area contributed by atoms with Crippen molar-refractivity contribution >= 4 is 28.2 Å². The summed E-state index contributed by atoms with van der Waals surface area (Å²) in [5.41, 5.74) is 8.99. The van der Waals surface area contributed by atoms with Gasteiger partial charge in [-0.25, -0.2) is 0 Å². The average molecular weight is 388 g/mol. The molecule has 0 spiro atoms. The minimum absolute atomic E-state index is 0.155. The molecule has 1 unspecified atom stereocenters. The Morgan fingerprint density at radius 2 is 2.11 bits per heavy atom. The van der Waals surface area contributed by atoms with Gasteiger partial charge in [-0.3, -0.25) is 9.59 Å². The Labute approximate surface area is 163 Å². The monoisotopic (exact) mass is 387 g/mol. The highest BCUT2D eigenvalue weighted by Crippen LogP contribution is 2.37. The van der Waals surface area contributed by atoms with Crippen LogP contribution in [-0.2, 0) is 17.8 Å². The van der Waals surface area contributed by atoms with Gasteiger partial charge in [0.15, 0.2) is 0 Å². The molecule has 6 nitrogen and oxygen atoms in total. The van der Waals surface area contributed by atoms with Gasteiger partial charge >= 0.3 is 0 Å². The third kappa shape index (κ3) is 3.84. The van der Waals surface area contributed by atoms with Gasteiger partial charge in [-0.2, -0.15) is 0 Å². The topological polar surface area (TPSA) is 84.7 Å². The molecule has 27 heavy (non-hydrogen) atoms. The number of rotatable bonds is 5. The molecule has 0 fully saturated rings. The highest BCUT2D eigenvalue weighted by atomic mass is 32.1. The fourth-order valence-electron chi connectivity index (χ4n) is 3.50. The molecule has 0 aliphatic carbocycles. The standard InChI is InChI=1S/C20H25N3O3S/c1-11-9-13(26-4)5-6-14(11)12(2)19(25)22-20-17(18(21)24)15-7-8-23(3)10-16(15)27-20/h5-6,9,12H,7-8,10H2,1-4H3,(H2,21,24)(H,22,25). The first kappa shape index (κ1) is 19.4. The summed E-state index contributed by atoms with van der Waals surface area (Å²) < 4.78 is 5.23. The Bertz CT molecular complexity index is 891. The lowest BCUT2D eigenvalue weighted by Crippen LogP contribution is -2.27. The molecule has 0 radical (unpaired) electrons. The van der Waals surface area contributed by atoms with E-state index in [9.17, 15) is 9.59 Å². The van der Waals surface area contributed by atoms with E-state index in [4.69, 9.17) is 10.5 Å². The van der Waals surface area contributed by atoms with Crippen LogP contribution in [0.4, 0.5) is 5.00 Å². The number of hydrogen-bond acceptors (Lipinski definition) is 5. The van der Waals surface area contributed by atoms with Gasteiger partial charge in [0.25, 0.3) is 5.91 Å². The minimum Gasteiger partial charge on any atom is -0.497 e. The molecule has 1 aliphatic heterocycles. The Hall–Kier alpha value is -2.38. The summed E-state index contributed by atoms with van der Waals surface area (Å²) >= 11 is 1.45. The number of nitrogens with zero attached hydrogens (tertiary/aromatic N) is 1. The Morgan fingerprint density at radius 1 is 1.37 bits per heavy atom. The van der Waals surface area contributed by atoms with E-state index in [1.165, 1.54) is 11.3 Å². The zero-order chi connectivity index (χ0) is 19.7. The summed E-state index contributed by atoms with van der Waals surface area (Å²) in [6, 6.07) is 5.66. The first-order valence-electron chi connectivity index (χ1n) is 8.90. The van der Waals surface area contributed by atoms with Crippen molar-refractivity contribution < 1.29 is 14.3 Å². The first-order valence-corrected chi connectivity index (χ1v) is 9.71. The van der Waals surface area contributed by atoms with Crippen molar-refractivity contribution in [2.45, 2.75) is 32.7 Å². The van der Waals surface area contributed by atoms with Gasteiger partial charge in [0.1, 0.15) is 10.8 Å². The summed E-state index contributed by atoms with van der Waals surface area (Å²) in [6.45, 7) is 5.45. The number of carbonyl (C=O) groups excluding carboxylic acids is 2. The maximum atomic E-state index is 12.9. The summed E-state index contributed by atoms with van der Waals surface area (Å²) in [5, 5.41) is 3.51. The molecular weight excluding hydrogens is 362 g/mol. The number of anilines is 1. The van der Waals surface area contributed by atoms with Crippen LogP contribution < -0.4 is 15.8 Å². The van der Waals surface area contributed by atoms with Gasteiger partial charge in [0.05, 0.1) is 18.6 Å². The summed E-state index contributed by atoms with van der Waals surface area (Å²) in [6.07, 6.45) is 0.767. The molecule has 1 aromatic carbocycles. The third-order valence-electron chi connectivity index (χ3n) is 5.07. The number of benzene rings is 1. The van der Waals surface area contributed by atoms with Gasteiger partial charge in [0, 0.05) is 18.0 Å². The molecule has 144 valence electrons. The predicted molar refractivity (Wildman–Crippen MR) is 108 cm³/mol. The minimum atomic E-state index is -0.486. The highest BCUT2D eigenvalue weighted by molar-refractivity contribution is 7.17. The zero-order valence-electron chi connectivity index (χ0n) is 16.1. The SMILES string of the molecule is COc1ccc(C(C)C(=O)Nc2sc3c(c2C(N)=O)CCN(C)C3)c(C)c1. The van der Waals surface area contributed by atoms with Crippen LogP contribution >= 0.6 is 11.3 Å². The molecule has 2 heterocycles. The van der Waals surface area contributed by atoms with Gasteiger partial charge in [-0.05, 0) is 56.1 Å². The van der Waals surface area contributed by atoms with Crippen molar-refractivity contribution in [2.24, 2.45) is 5.73 Å². The van der Waals surface area contributed by atoms with E-state index >= 15 is 0 Å². The van der Waals surface area contributed by atoms with Crippen molar-refractivity contribution in [3.63, 3.8) is 0 Å². The van der Waals surface area contributed by atoms with Crippen LogP contribution in [0.5, 0.6) is 5.75 Å². The molecule has 1 aromatic heterocycles. The molecule has 1 aliphatic rings. The smallest absolute Gasteiger partial charge is 0.251 e. The fraction of sp³-hybridized carbons (Fsp3) is 0.400. The van der Waals surface area contributed by atoms with E-state index < -0.39 is 5.91 Å². The van der Waals surface area contributed by atoms with Crippen LogP contribution in [0.25, 0.3) is 0 Å². The largest absolute Gasteiger partial charge is 0.497 e. The number of primary amides is 1. The Morgan fingerprint density at radius 3 is 2.74 bits per heavy atom. The highest BCUT2D eigenvalue weighted by Gasteiger charge is 2.28. The molecule has 7 heteroatoms. The van der Waals surface area contributed by atoms with Crippen LogP contribution in [0.15, 0.2) is 18.2 Å². The number of likely N-dealkylation sites (N-methyl/N-ethyl adjacent to an activating group) is 1.